The lowest BCUT2D eigenvalue weighted by molar-refractivity contribution is 0.751. The Bertz CT molecular complexity index is 705. The van der Waals surface area contributed by atoms with Crippen LogP contribution >= 0.6 is 39.0 Å². The van der Waals surface area contributed by atoms with Crippen molar-refractivity contribution in [2.75, 3.05) is 0 Å². The van der Waals surface area contributed by atoms with Gasteiger partial charge in [0.05, 0.1) is 0 Å². The van der Waals surface area contributed by atoms with Gasteiger partial charge in [-0.3, -0.25) is 0 Å². The van der Waals surface area contributed by atoms with E-state index in [1.807, 2.05) is 7.05 Å². The van der Waals surface area contributed by atoms with Crippen LogP contribution in [-0.4, -0.2) is 14.8 Å². The van der Waals surface area contributed by atoms with Crippen LogP contribution < -0.4 is 0 Å². The van der Waals surface area contributed by atoms with Crippen LogP contribution in [-0.2, 0) is 19.2 Å². The van der Waals surface area contributed by atoms with E-state index in [2.05, 4.69) is 72.5 Å². The number of thiophene rings is 1. The van der Waals surface area contributed by atoms with E-state index in [0.29, 0.717) is 0 Å². The van der Waals surface area contributed by atoms with E-state index in [4.69, 9.17) is 0 Å². The van der Waals surface area contributed by atoms with Crippen molar-refractivity contribution in [1.82, 2.24) is 14.8 Å². The molecule has 0 radical (unpaired) electrons. The second-order valence-electron chi connectivity index (χ2n) is 4.63. The van der Waals surface area contributed by atoms with Crippen LogP contribution in [0, 0.1) is 0 Å². The number of nitrogens with zero attached hydrogens (tertiary/aromatic N) is 3. The zero-order chi connectivity index (χ0) is 14.7. The van der Waals surface area contributed by atoms with Crippen LogP contribution in [0.4, 0.5) is 0 Å². The molecule has 6 heteroatoms. The molecule has 3 rings (SSSR count). The molecule has 0 saturated carbocycles. The van der Waals surface area contributed by atoms with Gasteiger partial charge >= 0.3 is 0 Å². The summed E-state index contributed by atoms with van der Waals surface area (Å²) in [6, 6.07) is 12.6. The van der Waals surface area contributed by atoms with Crippen LogP contribution in [0.1, 0.15) is 16.3 Å². The zero-order valence-corrected chi connectivity index (χ0v) is 14.7. The first-order valence-electron chi connectivity index (χ1n) is 6.50. The number of halogens is 1. The van der Waals surface area contributed by atoms with E-state index in [9.17, 15) is 0 Å². The maximum Gasteiger partial charge on any atom is 0.191 e. The third-order valence-electron chi connectivity index (χ3n) is 3.12. The minimum absolute atomic E-state index is 0.847. The molecule has 0 atom stereocenters. The molecule has 0 spiro atoms. The van der Waals surface area contributed by atoms with Crippen LogP contribution in [0.25, 0.3) is 0 Å². The molecule has 0 bridgehead atoms. The maximum absolute atomic E-state index is 4.31. The van der Waals surface area contributed by atoms with Crippen molar-refractivity contribution in [3.8, 4) is 0 Å². The molecule has 0 saturated heterocycles. The van der Waals surface area contributed by atoms with Gasteiger partial charge in [0.25, 0.3) is 0 Å². The summed E-state index contributed by atoms with van der Waals surface area (Å²) >= 11 is 6.92. The van der Waals surface area contributed by atoms with Gasteiger partial charge in [-0.1, -0.05) is 45.9 Å². The summed E-state index contributed by atoms with van der Waals surface area (Å²) in [6.07, 6.45) is 0.847. The molecule has 0 aliphatic carbocycles. The van der Waals surface area contributed by atoms with Crippen molar-refractivity contribution in [3.05, 3.63) is 62.5 Å². The standard InChI is InChI=1S/C15H14BrN3S2/c1-19-14(9-13-3-2-8-20-13)17-18-15(19)21-10-11-4-6-12(16)7-5-11/h2-8H,9-10H2,1H3. The fourth-order valence-corrected chi connectivity index (χ4v) is 3.77. The zero-order valence-electron chi connectivity index (χ0n) is 11.5. The second kappa shape index (κ2) is 6.77. The summed E-state index contributed by atoms with van der Waals surface area (Å²) in [5.74, 6) is 1.91. The number of aromatic nitrogens is 3. The number of thioether (sulfide) groups is 1. The van der Waals surface area contributed by atoms with Crippen molar-refractivity contribution in [2.45, 2.75) is 17.3 Å². The first-order chi connectivity index (χ1) is 10.2. The molecule has 0 N–H and O–H groups in total. The molecule has 21 heavy (non-hydrogen) atoms. The number of hydrogen-bond acceptors (Lipinski definition) is 4. The van der Waals surface area contributed by atoms with Gasteiger partial charge < -0.3 is 4.57 Å². The Balaban J connectivity index is 1.66. The van der Waals surface area contributed by atoms with Crippen LogP contribution in [0.5, 0.6) is 0 Å². The Hall–Kier alpha value is -1.11. The minimum atomic E-state index is 0.847. The lowest BCUT2D eigenvalue weighted by Crippen LogP contribution is -1.99. The molecule has 2 heterocycles. The first kappa shape index (κ1) is 14.8. The normalized spacial score (nSPS) is 11.0. The van der Waals surface area contributed by atoms with Gasteiger partial charge in [-0.15, -0.1) is 21.5 Å². The van der Waals surface area contributed by atoms with Gasteiger partial charge in [-0.25, -0.2) is 0 Å². The molecule has 1 aromatic carbocycles. The van der Waals surface area contributed by atoms with Gasteiger partial charge in [-0.05, 0) is 29.1 Å². The molecule has 0 aliphatic heterocycles. The smallest absolute Gasteiger partial charge is 0.191 e. The SMILES string of the molecule is Cn1c(Cc2cccs2)nnc1SCc1ccc(Br)cc1. The summed E-state index contributed by atoms with van der Waals surface area (Å²) < 4.78 is 3.19. The third-order valence-corrected chi connectivity index (χ3v) is 5.62. The molecular weight excluding hydrogens is 366 g/mol. The fraction of sp³-hybridized carbons (Fsp3) is 0.200. The predicted molar refractivity (Wildman–Crippen MR) is 91.8 cm³/mol. The van der Waals surface area contributed by atoms with Crippen LogP contribution in [0.2, 0.25) is 0 Å². The van der Waals surface area contributed by atoms with Crippen molar-refractivity contribution < 1.29 is 0 Å². The third kappa shape index (κ3) is 3.75. The highest BCUT2D eigenvalue weighted by Gasteiger charge is 2.10. The summed E-state index contributed by atoms with van der Waals surface area (Å²) in [7, 11) is 2.03. The second-order valence-corrected chi connectivity index (χ2v) is 7.52. The Morgan fingerprint density at radius 3 is 2.71 bits per heavy atom. The quantitative estimate of drug-likeness (QED) is 0.610. The lowest BCUT2D eigenvalue weighted by Gasteiger charge is -2.03. The molecule has 0 amide bonds. The Kier molecular flexibility index (Phi) is 4.77. The van der Waals surface area contributed by atoms with Gasteiger partial charge in [0.2, 0.25) is 0 Å². The summed E-state index contributed by atoms with van der Waals surface area (Å²) in [5.41, 5.74) is 1.28. The highest BCUT2D eigenvalue weighted by molar-refractivity contribution is 9.10. The largest absolute Gasteiger partial charge is 0.309 e. The van der Waals surface area contributed by atoms with Gasteiger partial charge in [0, 0.05) is 28.6 Å². The molecule has 0 fully saturated rings. The van der Waals surface area contributed by atoms with E-state index >= 15 is 0 Å². The Labute approximate surface area is 140 Å². The molecule has 3 nitrogen and oxygen atoms in total. The molecule has 108 valence electrons. The summed E-state index contributed by atoms with van der Waals surface area (Å²) in [4.78, 5) is 1.31. The van der Waals surface area contributed by atoms with Crippen molar-refractivity contribution in [1.29, 1.82) is 0 Å². The first-order valence-corrected chi connectivity index (χ1v) is 9.16. The molecular formula is C15H14BrN3S2. The van der Waals surface area contributed by atoms with Gasteiger partial charge in [-0.2, -0.15) is 0 Å². The molecule has 0 unspecified atom stereocenters. The van der Waals surface area contributed by atoms with E-state index in [0.717, 1.165) is 27.6 Å². The topological polar surface area (TPSA) is 30.7 Å². The Morgan fingerprint density at radius 1 is 1.19 bits per heavy atom. The summed E-state index contributed by atoms with van der Waals surface area (Å²) in [6.45, 7) is 0. The monoisotopic (exact) mass is 379 g/mol. The minimum Gasteiger partial charge on any atom is -0.309 e. The lowest BCUT2D eigenvalue weighted by atomic mass is 10.2. The van der Waals surface area contributed by atoms with E-state index < -0.39 is 0 Å². The molecule has 3 aromatic rings. The molecule has 0 aliphatic rings. The van der Waals surface area contributed by atoms with E-state index in [-0.39, 0.29) is 0 Å². The highest BCUT2D eigenvalue weighted by Crippen LogP contribution is 2.23. The Morgan fingerprint density at radius 2 is 2.00 bits per heavy atom. The van der Waals surface area contributed by atoms with E-state index in [1.54, 1.807) is 23.1 Å². The highest BCUT2D eigenvalue weighted by atomic mass is 79.9. The van der Waals surface area contributed by atoms with Crippen molar-refractivity contribution >= 4 is 39.0 Å². The average Bonchev–Trinajstić information content (AvgIpc) is 3.11. The number of rotatable bonds is 5. The van der Waals surface area contributed by atoms with Crippen LogP contribution in [0.15, 0.2) is 51.4 Å². The number of hydrogen-bond donors (Lipinski definition) is 0. The van der Waals surface area contributed by atoms with E-state index in [1.165, 1.54) is 10.4 Å². The maximum atomic E-state index is 4.31. The van der Waals surface area contributed by atoms with Crippen molar-refractivity contribution in [2.24, 2.45) is 7.05 Å². The predicted octanol–water partition coefficient (Wildman–Crippen LogP) is 4.52. The fourth-order valence-electron chi connectivity index (χ4n) is 1.92. The summed E-state index contributed by atoms with van der Waals surface area (Å²) in [5, 5.41) is 11.7. The van der Waals surface area contributed by atoms with Crippen molar-refractivity contribution in [3.63, 3.8) is 0 Å². The average molecular weight is 380 g/mol. The van der Waals surface area contributed by atoms with Gasteiger partial charge in [0.15, 0.2) is 5.16 Å². The molecule has 2 aromatic heterocycles. The van der Waals surface area contributed by atoms with Gasteiger partial charge in [0.1, 0.15) is 5.82 Å². The number of benzene rings is 1. The van der Waals surface area contributed by atoms with Crippen LogP contribution in [0.3, 0.4) is 0 Å².